The van der Waals surface area contributed by atoms with Crippen LogP contribution in [0.1, 0.15) is 22.4 Å². The minimum absolute atomic E-state index is 0.122. The molecule has 0 spiro atoms. The second-order valence-electron chi connectivity index (χ2n) is 7.94. The number of ether oxygens (including phenoxy) is 1. The molecular weight excluding hydrogens is 479 g/mol. The summed E-state index contributed by atoms with van der Waals surface area (Å²) in [6.07, 6.45) is 0.222. The summed E-state index contributed by atoms with van der Waals surface area (Å²) >= 11 is 6.16. The predicted octanol–water partition coefficient (Wildman–Crippen LogP) is 6.07. The topological polar surface area (TPSA) is 56.2 Å². The Bertz CT molecular complexity index is 1360. The zero-order chi connectivity index (χ0) is 24.9. The molecule has 4 aromatic rings. The van der Waals surface area contributed by atoms with Gasteiger partial charge in [-0.05, 0) is 36.8 Å². The molecule has 3 aromatic carbocycles. The summed E-state index contributed by atoms with van der Waals surface area (Å²) in [5.41, 5.74) is 2.18. The van der Waals surface area contributed by atoms with E-state index in [9.17, 15) is 18.0 Å². The van der Waals surface area contributed by atoms with Gasteiger partial charge in [-0.1, -0.05) is 41.9 Å². The molecule has 0 unspecified atom stereocenters. The smallest absolute Gasteiger partial charge is 0.229 e. The highest BCUT2D eigenvalue weighted by Gasteiger charge is 2.14. The highest BCUT2D eigenvalue weighted by molar-refractivity contribution is 6.30. The van der Waals surface area contributed by atoms with E-state index < -0.39 is 17.5 Å². The summed E-state index contributed by atoms with van der Waals surface area (Å²) in [6.45, 7) is 1.77. The number of nitrogens with zero attached hydrogens (tertiary/aromatic N) is 2. The van der Waals surface area contributed by atoms with Crippen LogP contribution in [0.2, 0.25) is 5.02 Å². The fourth-order valence-corrected chi connectivity index (χ4v) is 3.70. The van der Waals surface area contributed by atoms with Crippen molar-refractivity contribution in [3.05, 3.63) is 112 Å². The van der Waals surface area contributed by atoms with Crippen molar-refractivity contribution >= 4 is 23.3 Å². The normalized spacial score (nSPS) is 10.9. The number of amides is 1. The van der Waals surface area contributed by atoms with Gasteiger partial charge < -0.3 is 10.1 Å². The molecule has 0 aliphatic heterocycles. The molecule has 0 atom stereocenters. The van der Waals surface area contributed by atoms with E-state index in [0.29, 0.717) is 28.2 Å². The monoisotopic (exact) mass is 499 g/mol. The summed E-state index contributed by atoms with van der Waals surface area (Å²) in [6, 6.07) is 17.2. The third-order valence-electron chi connectivity index (χ3n) is 5.27. The van der Waals surface area contributed by atoms with E-state index >= 15 is 0 Å². The number of hydrogen-bond acceptors (Lipinski definition) is 3. The van der Waals surface area contributed by atoms with E-state index in [2.05, 4.69) is 10.4 Å². The van der Waals surface area contributed by atoms with E-state index in [1.807, 2.05) is 37.3 Å². The number of halogens is 4. The number of rotatable bonds is 8. The molecule has 180 valence electrons. The lowest BCUT2D eigenvalue weighted by Crippen LogP contribution is -2.15. The van der Waals surface area contributed by atoms with Crippen LogP contribution in [-0.4, -0.2) is 15.7 Å². The molecule has 1 N–H and O–H groups in total. The van der Waals surface area contributed by atoms with Crippen molar-refractivity contribution in [1.82, 2.24) is 9.78 Å². The lowest BCUT2D eigenvalue weighted by Gasteiger charge is -2.14. The maximum atomic E-state index is 14.0. The second kappa shape index (κ2) is 10.7. The molecule has 0 fully saturated rings. The van der Waals surface area contributed by atoms with Crippen molar-refractivity contribution in [2.45, 2.75) is 26.5 Å². The molecule has 0 saturated carbocycles. The molecule has 5 nitrogen and oxygen atoms in total. The van der Waals surface area contributed by atoms with Crippen molar-refractivity contribution in [1.29, 1.82) is 0 Å². The number of aromatic nitrogens is 2. The highest BCUT2D eigenvalue weighted by atomic mass is 35.5. The van der Waals surface area contributed by atoms with Gasteiger partial charge >= 0.3 is 0 Å². The third kappa shape index (κ3) is 6.22. The van der Waals surface area contributed by atoms with Gasteiger partial charge in [0.15, 0.2) is 17.5 Å². The van der Waals surface area contributed by atoms with Crippen LogP contribution >= 0.6 is 11.6 Å². The van der Waals surface area contributed by atoms with Crippen molar-refractivity contribution in [3.63, 3.8) is 0 Å². The molecule has 0 aliphatic rings. The second-order valence-corrected chi connectivity index (χ2v) is 8.37. The molecule has 4 rings (SSSR count). The minimum atomic E-state index is -1.26. The predicted molar refractivity (Wildman–Crippen MR) is 127 cm³/mol. The van der Waals surface area contributed by atoms with E-state index in [1.165, 1.54) is 0 Å². The molecule has 35 heavy (non-hydrogen) atoms. The molecule has 1 amide bonds. The first-order chi connectivity index (χ1) is 16.8. The summed E-state index contributed by atoms with van der Waals surface area (Å²) in [4.78, 5) is 12.4. The Hall–Kier alpha value is -3.78. The van der Waals surface area contributed by atoms with Gasteiger partial charge in [-0.2, -0.15) is 5.10 Å². The van der Waals surface area contributed by atoms with Crippen LogP contribution < -0.4 is 10.1 Å². The zero-order valence-electron chi connectivity index (χ0n) is 18.7. The van der Waals surface area contributed by atoms with Crippen molar-refractivity contribution in [2.75, 3.05) is 5.32 Å². The fourth-order valence-electron chi connectivity index (χ4n) is 3.50. The number of anilines is 1. The first-order valence-corrected chi connectivity index (χ1v) is 11.1. The molecule has 0 saturated heterocycles. The van der Waals surface area contributed by atoms with E-state index in [4.69, 9.17) is 16.3 Å². The summed E-state index contributed by atoms with van der Waals surface area (Å²) in [5, 5.41) is 7.69. The van der Waals surface area contributed by atoms with Crippen LogP contribution in [0.3, 0.4) is 0 Å². The average molecular weight is 500 g/mol. The van der Waals surface area contributed by atoms with Crippen molar-refractivity contribution in [3.8, 4) is 5.75 Å². The van der Waals surface area contributed by atoms with Crippen LogP contribution in [0.25, 0.3) is 0 Å². The Labute approximate surface area is 205 Å². The lowest BCUT2D eigenvalue weighted by molar-refractivity contribution is -0.115. The molecular formula is C26H21ClF3N3O2. The fraction of sp³-hybridized carbons (Fsp3) is 0.154. The van der Waals surface area contributed by atoms with Gasteiger partial charge in [0.25, 0.3) is 0 Å². The Morgan fingerprint density at radius 3 is 2.49 bits per heavy atom. The molecule has 9 heteroatoms. The van der Waals surface area contributed by atoms with Crippen molar-refractivity contribution < 1.29 is 22.7 Å². The SMILES string of the molecule is Cc1cc(NC(=O)Cc2ccccc2)nn1Cc1cc(Cl)ccc1OCc1cc(F)c(F)cc1F. The van der Waals surface area contributed by atoms with Crippen molar-refractivity contribution in [2.24, 2.45) is 0 Å². The van der Waals surface area contributed by atoms with Gasteiger partial charge in [-0.15, -0.1) is 0 Å². The van der Waals surface area contributed by atoms with Gasteiger partial charge in [-0.25, -0.2) is 13.2 Å². The Morgan fingerprint density at radius 1 is 0.971 bits per heavy atom. The minimum Gasteiger partial charge on any atom is -0.488 e. The number of carbonyl (C=O) groups excluding carboxylic acids is 1. The standard InChI is InChI=1S/C26H21ClF3N3O2/c1-16-9-25(31-26(34)10-17-5-3-2-4-6-17)32-33(16)14-18-11-20(27)7-8-24(18)35-15-19-12-22(29)23(30)13-21(19)28/h2-9,11-13H,10,14-15H2,1H3,(H,31,32,34). The Morgan fingerprint density at radius 2 is 1.71 bits per heavy atom. The molecule has 0 bridgehead atoms. The lowest BCUT2D eigenvalue weighted by atomic mass is 10.1. The van der Waals surface area contributed by atoms with Gasteiger partial charge in [0.05, 0.1) is 13.0 Å². The van der Waals surface area contributed by atoms with Crippen LogP contribution in [-0.2, 0) is 24.4 Å². The third-order valence-corrected chi connectivity index (χ3v) is 5.51. The van der Waals surface area contributed by atoms with Crippen LogP contribution in [0.15, 0.2) is 66.7 Å². The molecule has 1 aromatic heterocycles. The van der Waals surface area contributed by atoms with Gasteiger partial charge in [-0.3, -0.25) is 9.48 Å². The number of nitrogens with one attached hydrogen (secondary N) is 1. The number of hydrogen-bond donors (Lipinski definition) is 1. The average Bonchev–Trinajstić information content (AvgIpc) is 3.15. The summed E-state index contributed by atoms with van der Waals surface area (Å²) < 4.78 is 48.1. The number of carbonyl (C=O) groups is 1. The van der Waals surface area contributed by atoms with Crippen LogP contribution in [0.5, 0.6) is 5.75 Å². The molecule has 0 aliphatic carbocycles. The first-order valence-electron chi connectivity index (χ1n) is 10.7. The van der Waals surface area contributed by atoms with Crippen LogP contribution in [0, 0.1) is 24.4 Å². The quantitative estimate of drug-likeness (QED) is 0.299. The first kappa shape index (κ1) is 24.3. The highest BCUT2D eigenvalue weighted by Crippen LogP contribution is 2.26. The van der Waals surface area contributed by atoms with E-state index in [1.54, 1.807) is 28.9 Å². The van der Waals surface area contributed by atoms with Gasteiger partial charge in [0, 0.05) is 34.0 Å². The van der Waals surface area contributed by atoms with Crippen LogP contribution in [0.4, 0.5) is 19.0 Å². The summed E-state index contributed by atoms with van der Waals surface area (Å²) in [7, 11) is 0. The van der Waals surface area contributed by atoms with Gasteiger partial charge in [0.2, 0.25) is 5.91 Å². The largest absolute Gasteiger partial charge is 0.488 e. The number of aryl methyl sites for hydroxylation is 1. The maximum absolute atomic E-state index is 14.0. The number of benzene rings is 3. The molecule has 1 heterocycles. The van der Waals surface area contributed by atoms with E-state index in [-0.39, 0.29) is 31.0 Å². The zero-order valence-corrected chi connectivity index (χ0v) is 19.5. The molecule has 0 radical (unpaired) electrons. The maximum Gasteiger partial charge on any atom is 0.229 e. The Balaban J connectivity index is 1.47. The van der Waals surface area contributed by atoms with Gasteiger partial charge in [0.1, 0.15) is 18.2 Å². The Kier molecular flexibility index (Phi) is 7.41. The van der Waals surface area contributed by atoms with E-state index in [0.717, 1.165) is 17.3 Å². The summed E-state index contributed by atoms with van der Waals surface area (Å²) in [5.74, 6) is -2.74.